The first-order valence-corrected chi connectivity index (χ1v) is 3.64. The molecule has 0 atom stereocenters. The molecule has 7 heteroatoms. The Morgan fingerprint density at radius 1 is 0.684 bits per heavy atom. The molecule has 0 saturated carbocycles. The predicted molar refractivity (Wildman–Crippen MR) is 54.1 cm³/mol. The van der Waals surface area contributed by atoms with E-state index in [2.05, 4.69) is 33.3 Å². The van der Waals surface area contributed by atoms with Crippen LogP contribution in [0.1, 0.15) is 5.56 Å². The number of hydrogen-bond donors (Lipinski definition) is 0. The van der Waals surface area contributed by atoms with Crippen molar-refractivity contribution in [3.05, 3.63) is 74.9 Å². The van der Waals surface area contributed by atoms with Gasteiger partial charge in [-0.05, 0) is 0 Å². The third kappa shape index (κ3) is 47.9. The molecule has 0 heterocycles. The van der Waals surface area contributed by atoms with Crippen LogP contribution in [-0.4, -0.2) is 0 Å². The van der Waals surface area contributed by atoms with Gasteiger partial charge >= 0.3 is 56.5 Å². The third-order valence-electron chi connectivity index (χ3n) is 1.05. The van der Waals surface area contributed by atoms with Crippen LogP contribution >= 0.6 is 0 Å². The molecule has 0 aliphatic rings. The Morgan fingerprint density at radius 2 is 0.947 bits per heavy atom. The van der Waals surface area contributed by atoms with E-state index in [0.29, 0.717) is 6.54 Å². The van der Waals surface area contributed by atoms with Crippen LogP contribution in [0.2, 0.25) is 0 Å². The molecule has 0 spiro atoms. The summed E-state index contributed by atoms with van der Waals surface area (Å²) in [4.78, 5) is 0. The van der Waals surface area contributed by atoms with Gasteiger partial charge in [0.25, 0.3) is 0 Å². The monoisotopic (exact) mass is 344 g/mol. The molecule has 0 saturated heterocycles. The molecule has 0 aromatic heterocycles. The van der Waals surface area contributed by atoms with Crippen LogP contribution in [0.3, 0.4) is 0 Å². The number of benzene rings is 1. The standard InChI is InChI=1S/C7H8N.5CO.Mo/c8-6-7-4-2-1-3-5-7;5*1-2;/h1-5,8H,6H2;;;;;;/q-1;;;;;;. The molecule has 98 valence electrons. The third-order valence-corrected chi connectivity index (χ3v) is 1.05. The van der Waals surface area contributed by atoms with Crippen molar-refractivity contribution in [1.29, 1.82) is 0 Å². The van der Waals surface area contributed by atoms with E-state index in [0.717, 1.165) is 5.56 Å². The van der Waals surface area contributed by atoms with Gasteiger partial charge in [0, 0.05) is 21.1 Å². The van der Waals surface area contributed by atoms with Crippen molar-refractivity contribution >= 4 is 0 Å². The number of rotatable bonds is 1. The average molecular weight is 342 g/mol. The summed E-state index contributed by atoms with van der Waals surface area (Å²) in [5.41, 5.74) is 8.02. The van der Waals surface area contributed by atoms with Crippen LogP contribution in [0.25, 0.3) is 5.73 Å². The maximum absolute atomic E-state index is 7.50. The summed E-state index contributed by atoms with van der Waals surface area (Å²) in [5, 5.41) is 0. The predicted octanol–water partition coefficient (Wildman–Crippen LogP) is 2.05. The quantitative estimate of drug-likeness (QED) is 0.421. The second-order valence-corrected chi connectivity index (χ2v) is 1.66. The average Bonchev–Trinajstić information content (AvgIpc) is 2.57. The topological polar surface area (TPSA) is 123 Å². The van der Waals surface area contributed by atoms with Crippen molar-refractivity contribution in [3.8, 4) is 0 Å². The molecule has 19 heavy (non-hydrogen) atoms. The van der Waals surface area contributed by atoms with Gasteiger partial charge < -0.3 is 5.73 Å². The molecule has 0 unspecified atom stereocenters. The summed E-state index contributed by atoms with van der Waals surface area (Å²) in [7, 11) is 0. The molecule has 0 bridgehead atoms. The summed E-state index contributed by atoms with van der Waals surface area (Å²) in [6.45, 7) is 22.9. The molecule has 0 aliphatic carbocycles. The van der Waals surface area contributed by atoms with Gasteiger partial charge in [-0.3, -0.25) is 0 Å². The molecule has 0 radical (unpaired) electrons. The Kier molecular flexibility index (Phi) is 133. The molecule has 1 rings (SSSR count). The number of nitrogens with one attached hydrogen (secondary N) is 1. The van der Waals surface area contributed by atoms with Crippen LogP contribution in [0, 0.1) is 33.3 Å². The van der Waals surface area contributed by atoms with E-state index < -0.39 is 0 Å². The maximum Gasteiger partial charge on any atom is 0 e. The number of hydrogen-bond acceptors (Lipinski definition) is 0. The van der Waals surface area contributed by atoms with Crippen molar-refractivity contribution in [2.24, 2.45) is 0 Å². The summed E-state index contributed by atoms with van der Waals surface area (Å²) in [6.07, 6.45) is 0. The SMILES string of the molecule is [C-]#[O+].[C-]#[O+].[C-]#[O+].[C-]#[O+].[C-]#[O+].[Mo].[NH-]Cc1ccccc1. The van der Waals surface area contributed by atoms with Gasteiger partial charge in [0.05, 0.1) is 0 Å². The molecule has 1 aromatic rings. The Bertz CT molecular complexity index is 295. The first-order valence-electron chi connectivity index (χ1n) is 3.64. The van der Waals surface area contributed by atoms with Gasteiger partial charge in [-0.15, -0.1) is 6.54 Å². The van der Waals surface area contributed by atoms with Crippen LogP contribution < -0.4 is 0 Å². The van der Waals surface area contributed by atoms with E-state index in [9.17, 15) is 0 Å². The zero-order valence-corrected chi connectivity index (χ0v) is 11.6. The summed E-state index contributed by atoms with van der Waals surface area (Å²) in [5.74, 6) is 0. The second kappa shape index (κ2) is 70.1. The second-order valence-electron chi connectivity index (χ2n) is 1.66. The van der Waals surface area contributed by atoms with Crippen LogP contribution in [0.5, 0.6) is 0 Å². The Hall–Kier alpha value is -1.43. The van der Waals surface area contributed by atoms with E-state index >= 15 is 0 Å². The molecular formula is C12H8MoNO5-. The van der Waals surface area contributed by atoms with Crippen LogP contribution in [0.4, 0.5) is 0 Å². The maximum atomic E-state index is 7.50. The van der Waals surface area contributed by atoms with Crippen molar-refractivity contribution in [3.63, 3.8) is 0 Å². The molecule has 6 nitrogen and oxygen atoms in total. The Labute approximate surface area is 126 Å². The smallest absolute Gasteiger partial charge is 0 e. The van der Waals surface area contributed by atoms with Crippen LogP contribution in [-0.2, 0) is 50.9 Å². The fraction of sp³-hybridized carbons (Fsp3) is 0.0833. The summed E-state index contributed by atoms with van der Waals surface area (Å²) >= 11 is 0. The van der Waals surface area contributed by atoms with Crippen LogP contribution in [0.15, 0.2) is 30.3 Å². The Balaban J connectivity index is -0.0000000332. The molecule has 1 N–H and O–H groups in total. The van der Waals surface area contributed by atoms with E-state index in [4.69, 9.17) is 29.0 Å². The zero-order chi connectivity index (χ0) is 15.8. The van der Waals surface area contributed by atoms with Gasteiger partial charge in [-0.25, -0.2) is 0 Å². The largest absolute Gasteiger partial charge is 0.674 e. The first-order chi connectivity index (χ1) is 8.93. The minimum absolute atomic E-state index is 0. The van der Waals surface area contributed by atoms with E-state index in [1.807, 2.05) is 30.3 Å². The normalized spacial score (nSPS) is 4.37. The minimum atomic E-state index is 0. The summed E-state index contributed by atoms with van der Waals surface area (Å²) < 4.78 is 37.5. The fourth-order valence-electron chi connectivity index (χ4n) is 0.596. The first kappa shape index (κ1) is 36.0. The van der Waals surface area contributed by atoms with E-state index in [1.54, 1.807) is 0 Å². The molecule has 0 aliphatic heterocycles. The van der Waals surface area contributed by atoms with Crippen molar-refractivity contribution in [2.75, 3.05) is 0 Å². The molecule has 1 aromatic carbocycles. The zero-order valence-electron chi connectivity index (χ0n) is 9.54. The molecule has 0 amide bonds. The fourth-order valence-corrected chi connectivity index (χ4v) is 0.596. The van der Waals surface area contributed by atoms with E-state index in [-0.39, 0.29) is 21.1 Å². The van der Waals surface area contributed by atoms with Gasteiger partial charge in [0.15, 0.2) is 0 Å². The minimum Gasteiger partial charge on any atom is -0.674 e. The van der Waals surface area contributed by atoms with E-state index in [1.165, 1.54) is 0 Å². The van der Waals surface area contributed by atoms with Gasteiger partial charge in [0.1, 0.15) is 0 Å². The van der Waals surface area contributed by atoms with Crippen molar-refractivity contribution in [2.45, 2.75) is 6.54 Å². The van der Waals surface area contributed by atoms with Crippen molar-refractivity contribution < 1.29 is 44.3 Å². The Morgan fingerprint density at radius 3 is 1.11 bits per heavy atom. The summed E-state index contributed by atoms with van der Waals surface area (Å²) in [6, 6.07) is 9.76. The molecular weight excluding hydrogens is 334 g/mol. The van der Waals surface area contributed by atoms with Gasteiger partial charge in [0.2, 0.25) is 0 Å². The van der Waals surface area contributed by atoms with Gasteiger partial charge in [-0.1, -0.05) is 35.9 Å². The van der Waals surface area contributed by atoms with Crippen molar-refractivity contribution in [1.82, 2.24) is 0 Å². The van der Waals surface area contributed by atoms with Gasteiger partial charge in [-0.2, -0.15) is 0 Å². The molecule has 0 fully saturated rings.